The number of benzene rings is 2. The molecule has 1 fully saturated rings. The number of para-hydroxylation sites is 1. The number of esters is 1. The number of hydrogen-bond donors (Lipinski definition) is 1. The zero-order chi connectivity index (χ0) is 24.7. The molecule has 0 saturated heterocycles. The van der Waals surface area contributed by atoms with Crippen LogP contribution in [0.5, 0.6) is 0 Å². The van der Waals surface area contributed by atoms with E-state index in [0.29, 0.717) is 28.4 Å². The van der Waals surface area contributed by atoms with Gasteiger partial charge in [-0.3, -0.25) is 14.5 Å². The second-order valence-corrected chi connectivity index (χ2v) is 9.36. The lowest BCUT2D eigenvalue weighted by Gasteiger charge is -2.24. The highest BCUT2D eigenvalue weighted by Crippen LogP contribution is 2.39. The Balaban J connectivity index is 1.84. The van der Waals surface area contributed by atoms with E-state index >= 15 is 0 Å². The predicted octanol–water partition coefficient (Wildman–Crippen LogP) is 5.98. The maximum Gasteiger partial charge on any atom is 0.337 e. The van der Waals surface area contributed by atoms with Gasteiger partial charge in [-0.25, -0.2) is 9.78 Å². The molecule has 5 rings (SSSR count). The van der Waals surface area contributed by atoms with Crippen LogP contribution in [0.3, 0.4) is 0 Å². The van der Waals surface area contributed by atoms with Crippen molar-refractivity contribution in [1.82, 2.24) is 14.0 Å². The van der Waals surface area contributed by atoms with Crippen LogP contribution in [0.15, 0.2) is 42.5 Å². The maximum absolute atomic E-state index is 12.3. The van der Waals surface area contributed by atoms with Gasteiger partial charge in [0.15, 0.2) is 0 Å². The van der Waals surface area contributed by atoms with Crippen LogP contribution in [0.4, 0.5) is 11.5 Å². The molecular formula is C26H29N5O4. The first kappa shape index (κ1) is 22.9. The van der Waals surface area contributed by atoms with E-state index in [1.807, 2.05) is 16.5 Å². The lowest BCUT2D eigenvalue weighted by Crippen LogP contribution is -2.23. The van der Waals surface area contributed by atoms with Gasteiger partial charge < -0.3 is 14.6 Å². The van der Waals surface area contributed by atoms with Gasteiger partial charge in [0.1, 0.15) is 11.5 Å². The fourth-order valence-corrected chi connectivity index (χ4v) is 5.16. The SMILES string of the molecule is COC(=O)c1ccc2c(c1)n1c(NC3CCCCC3)c(-c3ccccc3[N+](=O)[O-])nc1n2C(C)C. The Bertz CT molecular complexity index is 1430. The van der Waals surface area contributed by atoms with Gasteiger partial charge in [-0.1, -0.05) is 31.4 Å². The van der Waals surface area contributed by atoms with Crippen molar-refractivity contribution in [1.29, 1.82) is 0 Å². The summed E-state index contributed by atoms with van der Waals surface area (Å²) in [6.07, 6.45) is 5.55. The first-order chi connectivity index (χ1) is 16.9. The summed E-state index contributed by atoms with van der Waals surface area (Å²) in [6.45, 7) is 4.14. The van der Waals surface area contributed by atoms with E-state index in [1.165, 1.54) is 19.6 Å². The quantitative estimate of drug-likeness (QED) is 0.209. The zero-order valence-electron chi connectivity index (χ0n) is 20.2. The molecule has 35 heavy (non-hydrogen) atoms. The first-order valence-electron chi connectivity index (χ1n) is 12.1. The Morgan fingerprint density at radius 1 is 1.14 bits per heavy atom. The number of nitro benzene ring substituents is 1. The summed E-state index contributed by atoms with van der Waals surface area (Å²) in [5, 5.41) is 15.6. The second-order valence-electron chi connectivity index (χ2n) is 9.36. The van der Waals surface area contributed by atoms with E-state index in [0.717, 1.165) is 36.7 Å². The van der Waals surface area contributed by atoms with Crippen LogP contribution in [0, 0.1) is 10.1 Å². The van der Waals surface area contributed by atoms with Crippen LogP contribution >= 0.6 is 0 Å². The smallest absolute Gasteiger partial charge is 0.337 e. The number of carbonyl (C=O) groups excluding carboxylic acids is 1. The number of aromatic nitrogens is 3. The largest absolute Gasteiger partial charge is 0.465 e. The molecule has 1 aliphatic carbocycles. The average Bonchev–Trinajstić information content (AvgIpc) is 3.38. The van der Waals surface area contributed by atoms with Crippen LogP contribution in [0.25, 0.3) is 28.1 Å². The molecule has 2 aromatic heterocycles. The molecule has 1 saturated carbocycles. The van der Waals surface area contributed by atoms with E-state index in [-0.39, 0.29) is 22.7 Å². The number of carbonyl (C=O) groups is 1. The van der Waals surface area contributed by atoms with Gasteiger partial charge in [-0.05, 0) is 51.0 Å². The van der Waals surface area contributed by atoms with Crippen molar-refractivity contribution in [2.75, 3.05) is 12.4 Å². The number of nitrogens with zero attached hydrogens (tertiary/aromatic N) is 4. The third-order valence-electron chi connectivity index (χ3n) is 6.79. The number of hydrogen-bond acceptors (Lipinski definition) is 6. The Morgan fingerprint density at radius 2 is 1.89 bits per heavy atom. The molecule has 0 amide bonds. The van der Waals surface area contributed by atoms with Crippen molar-refractivity contribution < 1.29 is 14.5 Å². The zero-order valence-corrected chi connectivity index (χ0v) is 20.2. The summed E-state index contributed by atoms with van der Waals surface area (Å²) in [7, 11) is 1.36. The second kappa shape index (κ2) is 9.05. The number of nitrogens with one attached hydrogen (secondary N) is 1. The van der Waals surface area contributed by atoms with Crippen molar-refractivity contribution in [2.24, 2.45) is 0 Å². The minimum atomic E-state index is -0.418. The fraction of sp³-hybridized carbons (Fsp3) is 0.385. The number of nitro groups is 1. The predicted molar refractivity (Wildman–Crippen MR) is 135 cm³/mol. The molecule has 1 N–H and O–H groups in total. The third kappa shape index (κ3) is 3.90. The lowest BCUT2D eigenvalue weighted by molar-refractivity contribution is -0.384. The molecule has 2 aromatic carbocycles. The van der Waals surface area contributed by atoms with Crippen molar-refractivity contribution in [3.63, 3.8) is 0 Å². The highest BCUT2D eigenvalue weighted by atomic mass is 16.6. The number of ether oxygens (including phenoxy) is 1. The minimum Gasteiger partial charge on any atom is -0.465 e. The number of imidazole rings is 2. The van der Waals surface area contributed by atoms with Gasteiger partial charge in [0.05, 0.1) is 34.2 Å². The average molecular weight is 476 g/mol. The lowest BCUT2D eigenvalue weighted by atomic mass is 9.95. The molecule has 182 valence electrons. The minimum absolute atomic E-state index is 0.00981. The monoisotopic (exact) mass is 475 g/mol. The molecule has 9 nitrogen and oxygen atoms in total. The highest BCUT2D eigenvalue weighted by Gasteiger charge is 2.28. The van der Waals surface area contributed by atoms with Gasteiger partial charge in [-0.15, -0.1) is 0 Å². The molecular weight excluding hydrogens is 446 g/mol. The Morgan fingerprint density at radius 3 is 2.57 bits per heavy atom. The standard InChI is InChI=1S/C26H29N5O4/c1-16(2)29-21-14-13-17(25(32)35-3)15-22(21)30-24(27-18-9-5-4-6-10-18)23(28-26(29)30)19-11-7-8-12-20(19)31(33)34/h7-8,11-16,18,27H,4-6,9-10H2,1-3H3. The van der Waals surface area contributed by atoms with Crippen molar-refractivity contribution in [2.45, 2.75) is 58.0 Å². The van der Waals surface area contributed by atoms with Crippen LogP contribution < -0.4 is 5.32 Å². The Labute approximate surface area is 202 Å². The third-order valence-corrected chi connectivity index (χ3v) is 6.79. The van der Waals surface area contributed by atoms with Crippen molar-refractivity contribution in [3.8, 4) is 11.3 Å². The van der Waals surface area contributed by atoms with Crippen LogP contribution in [0.2, 0.25) is 0 Å². The molecule has 0 aliphatic heterocycles. The van der Waals surface area contributed by atoms with Gasteiger partial charge in [0, 0.05) is 18.2 Å². The summed E-state index contributed by atoms with van der Waals surface area (Å²) in [6, 6.07) is 12.5. The molecule has 2 heterocycles. The van der Waals surface area contributed by atoms with Gasteiger partial charge in [0.25, 0.3) is 5.69 Å². The van der Waals surface area contributed by atoms with Gasteiger partial charge in [0.2, 0.25) is 5.78 Å². The fourth-order valence-electron chi connectivity index (χ4n) is 5.16. The number of anilines is 1. The molecule has 4 aromatic rings. The van der Waals surface area contributed by atoms with Crippen molar-refractivity contribution in [3.05, 3.63) is 58.1 Å². The summed E-state index contributed by atoms with van der Waals surface area (Å²) in [5.41, 5.74) is 3.18. The Kier molecular flexibility index (Phi) is 5.92. The molecule has 9 heteroatoms. The first-order valence-corrected chi connectivity index (χ1v) is 12.1. The number of methoxy groups -OCH3 is 1. The molecule has 0 unspecified atom stereocenters. The molecule has 1 aliphatic rings. The number of fused-ring (bicyclic) bond motifs is 3. The molecule has 0 radical (unpaired) electrons. The summed E-state index contributed by atoms with van der Waals surface area (Å²) < 4.78 is 9.06. The highest BCUT2D eigenvalue weighted by molar-refractivity contribution is 5.96. The van der Waals surface area contributed by atoms with E-state index < -0.39 is 5.97 Å². The van der Waals surface area contributed by atoms with E-state index in [1.54, 1.807) is 24.3 Å². The summed E-state index contributed by atoms with van der Waals surface area (Å²) >= 11 is 0. The van der Waals surface area contributed by atoms with Gasteiger partial charge >= 0.3 is 5.97 Å². The number of rotatable bonds is 6. The van der Waals surface area contributed by atoms with Crippen LogP contribution in [0.1, 0.15) is 62.4 Å². The van der Waals surface area contributed by atoms with Crippen LogP contribution in [-0.4, -0.2) is 38.0 Å². The van der Waals surface area contributed by atoms with Crippen molar-refractivity contribution >= 4 is 34.3 Å². The summed E-state index contributed by atoms with van der Waals surface area (Å²) in [5.74, 6) is 0.967. The Hall–Kier alpha value is -3.88. The summed E-state index contributed by atoms with van der Waals surface area (Å²) in [4.78, 5) is 28.8. The van der Waals surface area contributed by atoms with Crippen LogP contribution in [-0.2, 0) is 4.74 Å². The van der Waals surface area contributed by atoms with E-state index in [4.69, 9.17) is 9.72 Å². The van der Waals surface area contributed by atoms with E-state index in [9.17, 15) is 14.9 Å². The maximum atomic E-state index is 12.3. The van der Waals surface area contributed by atoms with E-state index in [2.05, 4.69) is 23.7 Å². The molecule has 0 bridgehead atoms. The van der Waals surface area contributed by atoms with Gasteiger partial charge in [-0.2, -0.15) is 0 Å². The topological polar surface area (TPSA) is 104 Å². The molecule has 0 spiro atoms. The normalized spacial score (nSPS) is 14.6. The molecule has 0 atom stereocenters.